The summed E-state index contributed by atoms with van der Waals surface area (Å²) in [6.07, 6.45) is 8.20. The molecule has 0 spiro atoms. The highest BCUT2D eigenvalue weighted by atomic mass is 14.4. The van der Waals surface area contributed by atoms with E-state index in [1.807, 2.05) is 0 Å². The molecule has 1 aromatic rings. The van der Waals surface area contributed by atoms with Gasteiger partial charge in [-0.1, -0.05) is 73.1 Å². The largest absolute Gasteiger partial charge is 0.0775 e. The summed E-state index contributed by atoms with van der Waals surface area (Å²) in [5.41, 5.74) is 7.57. The molecule has 2 aliphatic rings. The van der Waals surface area contributed by atoms with E-state index in [9.17, 15) is 0 Å². The van der Waals surface area contributed by atoms with Crippen LogP contribution in [0.1, 0.15) is 51.2 Å². The van der Waals surface area contributed by atoms with Crippen LogP contribution in [0.3, 0.4) is 0 Å². The molecule has 0 heteroatoms. The summed E-state index contributed by atoms with van der Waals surface area (Å²) >= 11 is 0. The van der Waals surface area contributed by atoms with E-state index in [0.717, 1.165) is 6.42 Å². The highest BCUT2D eigenvalue weighted by Crippen LogP contribution is 2.52. The first-order chi connectivity index (χ1) is 9.00. The first kappa shape index (κ1) is 12.5. The average molecular weight is 250 g/mol. The summed E-state index contributed by atoms with van der Waals surface area (Å²) in [6, 6.07) is 8.84. The van der Waals surface area contributed by atoms with Gasteiger partial charge in [0.15, 0.2) is 0 Å². The van der Waals surface area contributed by atoms with Gasteiger partial charge in [0.05, 0.1) is 0 Å². The van der Waals surface area contributed by atoms with Crippen LogP contribution in [0.5, 0.6) is 0 Å². The molecule has 1 unspecified atom stereocenters. The summed E-state index contributed by atoms with van der Waals surface area (Å²) in [4.78, 5) is 0. The predicted octanol–water partition coefficient (Wildman–Crippen LogP) is 5.49. The molecule has 0 bridgehead atoms. The Kier molecular flexibility index (Phi) is 2.78. The first-order valence-corrected chi connectivity index (χ1v) is 7.15. The Morgan fingerprint density at radius 3 is 2.47 bits per heavy atom. The topological polar surface area (TPSA) is 0 Å². The summed E-state index contributed by atoms with van der Waals surface area (Å²) in [7, 11) is 0. The van der Waals surface area contributed by atoms with Gasteiger partial charge in [0.25, 0.3) is 0 Å². The zero-order valence-electron chi connectivity index (χ0n) is 12.3. The second kappa shape index (κ2) is 4.23. The van der Waals surface area contributed by atoms with E-state index in [1.54, 1.807) is 5.57 Å². The van der Waals surface area contributed by atoms with Gasteiger partial charge in [-0.25, -0.2) is 0 Å². The molecule has 3 rings (SSSR count). The molecule has 0 aromatic heterocycles. The number of benzene rings is 1. The summed E-state index contributed by atoms with van der Waals surface area (Å²) < 4.78 is 0. The lowest BCUT2D eigenvalue weighted by molar-refractivity contribution is 0.383. The first-order valence-electron chi connectivity index (χ1n) is 7.15. The number of fused-ring (bicyclic) bond motifs is 1. The highest BCUT2D eigenvalue weighted by Gasteiger charge is 2.38. The average Bonchev–Trinajstić information content (AvgIpc) is 2.92. The third-order valence-corrected chi connectivity index (χ3v) is 4.74. The summed E-state index contributed by atoms with van der Waals surface area (Å²) in [5, 5.41) is 0. The van der Waals surface area contributed by atoms with Crippen LogP contribution >= 0.6 is 0 Å². The molecule has 1 aromatic carbocycles. The van der Waals surface area contributed by atoms with Crippen molar-refractivity contribution in [2.24, 2.45) is 5.41 Å². The Morgan fingerprint density at radius 1 is 1.05 bits per heavy atom. The monoisotopic (exact) mass is 250 g/mol. The third kappa shape index (κ3) is 1.90. The second-order valence-corrected chi connectivity index (χ2v) is 6.49. The summed E-state index contributed by atoms with van der Waals surface area (Å²) in [6.45, 7) is 9.28. The van der Waals surface area contributed by atoms with Crippen LogP contribution in [-0.2, 0) is 0 Å². The van der Waals surface area contributed by atoms with E-state index in [1.165, 1.54) is 22.3 Å². The predicted molar refractivity (Wildman–Crippen MR) is 83.1 cm³/mol. The van der Waals surface area contributed by atoms with Crippen molar-refractivity contribution in [2.45, 2.75) is 40.0 Å². The van der Waals surface area contributed by atoms with E-state index < -0.39 is 0 Å². The normalized spacial score (nSPS) is 21.9. The van der Waals surface area contributed by atoms with Crippen molar-refractivity contribution in [3.05, 3.63) is 64.3 Å². The quantitative estimate of drug-likeness (QED) is 0.651. The molecule has 0 saturated heterocycles. The van der Waals surface area contributed by atoms with Crippen molar-refractivity contribution in [1.82, 2.24) is 0 Å². The molecule has 2 aliphatic carbocycles. The maximum Gasteiger partial charge on any atom is 0.0143 e. The molecule has 0 aliphatic heterocycles. The molecule has 1 atom stereocenters. The van der Waals surface area contributed by atoms with Gasteiger partial charge >= 0.3 is 0 Å². The van der Waals surface area contributed by atoms with Gasteiger partial charge in [-0.15, -0.1) is 0 Å². The smallest absolute Gasteiger partial charge is 0.0143 e. The Labute approximate surface area is 116 Å². The molecule has 19 heavy (non-hydrogen) atoms. The van der Waals surface area contributed by atoms with E-state index in [2.05, 4.69) is 70.2 Å². The Morgan fingerprint density at radius 2 is 1.79 bits per heavy atom. The molecule has 98 valence electrons. The van der Waals surface area contributed by atoms with Gasteiger partial charge in [-0.2, -0.15) is 0 Å². The van der Waals surface area contributed by atoms with Crippen LogP contribution < -0.4 is 0 Å². The Bertz CT molecular complexity index is 609. The van der Waals surface area contributed by atoms with Crippen molar-refractivity contribution in [2.75, 3.05) is 0 Å². The van der Waals surface area contributed by atoms with Gasteiger partial charge in [-0.3, -0.25) is 0 Å². The SMILES string of the molecule is CC1=CCC(C(C)(C)C2C(C)=Cc3ccccc32)=C1. The standard InChI is InChI=1S/C19H22/c1-13-9-10-16(11-13)19(3,4)18-14(2)12-15-7-5-6-8-17(15)18/h5-9,11-12,18H,10H2,1-4H3. The lowest BCUT2D eigenvalue weighted by Crippen LogP contribution is -2.24. The van der Waals surface area contributed by atoms with Crippen LogP contribution in [0.4, 0.5) is 0 Å². The molecule has 0 saturated carbocycles. The van der Waals surface area contributed by atoms with Gasteiger partial charge < -0.3 is 0 Å². The summed E-state index contributed by atoms with van der Waals surface area (Å²) in [5.74, 6) is 0.522. The maximum absolute atomic E-state index is 2.40. The second-order valence-electron chi connectivity index (χ2n) is 6.49. The minimum atomic E-state index is 0.196. The van der Waals surface area contributed by atoms with Gasteiger partial charge in [0.2, 0.25) is 0 Å². The minimum absolute atomic E-state index is 0.196. The zero-order chi connectivity index (χ0) is 13.6. The van der Waals surface area contributed by atoms with Crippen LogP contribution in [0, 0.1) is 5.41 Å². The number of hydrogen-bond acceptors (Lipinski definition) is 0. The van der Waals surface area contributed by atoms with E-state index in [0.29, 0.717) is 5.92 Å². The minimum Gasteiger partial charge on any atom is -0.0775 e. The van der Waals surface area contributed by atoms with Gasteiger partial charge in [0.1, 0.15) is 0 Å². The van der Waals surface area contributed by atoms with Crippen molar-refractivity contribution < 1.29 is 0 Å². The molecular formula is C19H22. The van der Waals surface area contributed by atoms with Crippen molar-refractivity contribution in [3.63, 3.8) is 0 Å². The fraction of sp³-hybridized carbons (Fsp3) is 0.368. The van der Waals surface area contributed by atoms with Crippen LogP contribution in [0.15, 0.2) is 53.1 Å². The molecule has 0 N–H and O–H groups in total. The third-order valence-electron chi connectivity index (χ3n) is 4.74. The van der Waals surface area contributed by atoms with Crippen LogP contribution in [0.2, 0.25) is 0 Å². The number of rotatable bonds is 2. The van der Waals surface area contributed by atoms with Gasteiger partial charge in [0, 0.05) is 5.92 Å². The van der Waals surface area contributed by atoms with E-state index in [-0.39, 0.29) is 5.41 Å². The fourth-order valence-electron chi connectivity index (χ4n) is 3.74. The zero-order valence-corrected chi connectivity index (χ0v) is 12.3. The van der Waals surface area contributed by atoms with Crippen LogP contribution in [-0.4, -0.2) is 0 Å². The lowest BCUT2D eigenvalue weighted by atomic mass is 9.68. The molecule has 0 fully saturated rings. The van der Waals surface area contributed by atoms with Crippen LogP contribution in [0.25, 0.3) is 6.08 Å². The molecule has 0 heterocycles. The number of allylic oxidation sites excluding steroid dienone is 5. The highest BCUT2D eigenvalue weighted by molar-refractivity contribution is 5.67. The van der Waals surface area contributed by atoms with E-state index >= 15 is 0 Å². The molecular weight excluding hydrogens is 228 g/mol. The lowest BCUT2D eigenvalue weighted by Gasteiger charge is -2.35. The van der Waals surface area contributed by atoms with Crippen molar-refractivity contribution >= 4 is 6.08 Å². The fourth-order valence-corrected chi connectivity index (χ4v) is 3.74. The van der Waals surface area contributed by atoms with E-state index in [4.69, 9.17) is 0 Å². The molecule has 0 amide bonds. The Hall–Kier alpha value is -1.56. The van der Waals surface area contributed by atoms with Crippen molar-refractivity contribution in [3.8, 4) is 0 Å². The molecule has 0 nitrogen and oxygen atoms in total. The molecule has 0 radical (unpaired) electrons. The van der Waals surface area contributed by atoms with Crippen molar-refractivity contribution in [1.29, 1.82) is 0 Å². The maximum atomic E-state index is 2.40. The number of hydrogen-bond donors (Lipinski definition) is 0. The Balaban J connectivity index is 2.03. The van der Waals surface area contributed by atoms with Gasteiger partial charge in [-0.05, 0) is 36.8 Å².